The maximum absolute atomic E-state index is 12.0. The number of aromatic nitrogens is 3. The van der Waals surface area contributed by atoms with Gasteiger partial charge in [-0.05, 0) is 23.8 Å². The third-order valence-electron chi connectivity index (χ3n) is 3.32. The number of amides is 2. The molecule has 0 saturated carbocycles. The van der Waals surface area contributed by atoms with Crippen LogP contribution in [0.2, 0.25) is 0 Å². The van der Waals surface area contributed by atoms with E-state index >= 15 is 0 Å². The van der Waals surface area contributed by atoms with Crippen LogP contribution in [0, 0.1) is 0 Å². The Morgan fingerprint density at radius 3 is 2.92 bits per heavy atom. The monoisotopic (exact) mass is 321 g/mol. The summed E-state index contributed by atoms with van der Waals surface area (Å²) >= 11 is 0. The van der Waals surface area contributed by atoms with Gasteiger partial charge in [-0.3, -0.25) is 19.3 Å². The van der Waals surface area contributed by atoms with Crippen LogP contribution >= 0.6 is 0 Å². The van der Waals surface area contributed by atoms with Gasteiger partial charge in [-0.25, -0.2) is 0 Å². The van der Waals surface area contributed by atoms with Gasteiger partial charge in [0.2, 0.25) is 11.8 Å². The van der Waals surface area contributed by atoms with E-state index in [4.69, 9.17) is 5.73 Å². The molecule has 0 aliphatic carbocycles. The van der Waals surface area contributed by atoms with E-state index < -0.39 is 5.91 Å². The van der Waals surface area contributed by atoms with Crippen LogP contribution < -0.4 is 11.1 Å². The van der Waals surface area contributed by atoms with E-state index in [9.17, 15) is 9.59 Å². The summed E-state index contributed by atoms with van der Waals surface area (Å²) in [7, 11) is 0. The predicted octanol–water partition coefficient (Wildman–Crippen LogP) is 1.57. The molecule has 120 valence electrons. The van der Waals surface area contributed by atoms with Gasteiger partial charge in [-0.1, -0.05) is 18.2 Å². The summed E-state index contributed by atoms with van der Waals surface area (Å²) in [6.07, 6.45) is 7.86. The third-order valence-corrected chi connectivity index (χ3v) is 3.32. The van der Waals surface area contributed by atoms with Gasteiger partial charge in [0, 0.05) is 23.9 Å². The van der Waals surface area contributed by atoms with Crippen LogP contribution in [0.25, 0.3) is 17.0 Å². The quantitative estimate of drug-likeness (QED) is 0.696. The van der Waals surface area contributed by atoms with E-state index in [1.165, 1.54) is 17.0 Å². The summed E-state index contributed by atoms with van der Waals surface area (Å²) in [5.74, 6) is -0.796. The van der Waals surface area contributed by atoms with Gasteiger partial charge < -0.3 is 11.1 Å². The van der Waals surface area contributed by atoms with E-state index in [-0.39, 0.29) is 12.5 Å². The fraction of sp³-hybridized carbons (Fsp3) is 0.0588. The second-order valence-electron chi connectivity index (χ2n) is 5.13. The summed E-state index contributed by atoms with van der Waals surface area (Å²) in [4.78, 5) is 27.1. The Morgan fingerprint density at radius 1 is 1.25 bits per heavy atom. The Bertz CT molecular complexity index is 924. The molecular weight excluding hydrogens is 306 g/mol. The highest BCUT2D eigenvalue weighted by molar-refractivity contribution is 6.03. The minimum atomic E-state index is -0.500. The lowest BCUT2D eigenvalue weighted by molar-refractivity contribution is -0.118. The number of rotatable bonds is 5. The number of nitrogens with two attached hydrogens (primary N) is 1. The van der Waals surface area contributed by atoms with Crippen LogP contribution in [-0.2, 0) is 16.1 Å². The number of fused-ring (bicyclic) bond motifs is 1. The highest BCUT2D eigenvalue weighted by atomic mass is 16.2. The first-order valence-corrected chi connectivity index (χ1v) is 7.25. The van der Waals surface area contributed by atoms with Crippen molar-refractivity contribution in [3.8, 4) is 0 Å². The maximum Gasteiger partial charge on any atom is 0.248 e. The van der Waals surface area contributed by atoms with E-state index in [0.717, 1.165) is 16.5 Å². The van der Waals surface area contributed by atoms with Gasteiger partial charge in [0.05, 0.1) is 17.4 Å². The molecule has 0 fully saturated rings. The van der Waals surface area contributed by atoms with E-state index in [0.29, 0.717) is 5.69 Å². The van der Waals surface area contributed by atoms with Crippen LogP contribution in [0.15, 0.2) is 55.0 Å². The molecule has 2 aromatic heterocycles. The second kappa shape index (κ2) is 6.74. The SMILES string of the molecule is NC(=O)Cn1cc(NC(=O)/C=C/c2ccnc3ccccc23)cn1. The summed E-state index contributed by atoms with van der Waals surface area (Å²) in [6.45, 7) is -0.0330. The molecule has 7 nitrogen and oxygen atoms in total. The van der Waals surface area contributed by atoms with E-state index in [1.54, 1.807) is 18.5 Å². The lowest BCUT2D eigenvalue weighted by Crippen LogP contribution is -2.18. The number of benzene rings is 1. The van der Waals surface area contributed by atoms with Crippen molar-refractivity contribution in [2.45, 2.75) is 6.54 Å². The fourth-order valence-electron chi connectivity index (χ4n) is 2.29. The Kier molecular flexibility index (Phi) is 4.33. The zero-order valence-electron chi connectivity index (χ0n) is 12.7. The molecule has 0 atom stereocenters. The van der Waals surface area contributed by atoms with Crippen molar-refractivity contribution in [2.75, 3.05) is 5.32 Å². The number of pyridine rings is 1. The molecule has 2 amide bonds. The number of carbonyl (C=O) groups is 2. The Morgan fingerprint density at radius 2 is 2.08 bits per heavy atom. The molecule has 0 spiro atoms. The van der Waals surface area contributed by atoms with Crippen molar-refractivity contribution in [1.29, 1.82) is 0 Å². The van der Waals surface area contributed by atoms with Gasteiger partial charge in [0.1, 0.15) is 6.54 Å². The Balaban J connectivity index is 1.71. The standard InChI is InChI=1S/C17H15N5O2/c18-16(23)11-22-10-13(9-20-22)21-17(24)6-5-12-7-8-19-15-4-2-1-3-14(12)15/h1-10H,11H2,(H2,18,23)(H,21,24)/b6-5+. The van der Waals surface area contributed by atoms with Gasteiger partial charge in [-0.15, -0.1) is 0 Å². The van der Waals surface area contributed by atoms with Crippen molar-refractivity contribution in [3.05, 3.63) is 60.6 Å². The number of nitrogens with one attached hydrogen (secondary N) is 1. The van der Waals surface area contributed by atoms with Gasteiger partial charge in [-0.2, -0.15) is 5.10 Å². The predicted molar refractivity (Wildman–Crippen MR) is 90.8 cm³/mol. The second-order valence-corrected chi connectivity index (χ2v) is 5.13. The highest BCUT2D eigenvalue weighted by Crippen LogP contribution is 2.17. The largest absolute Gasteiger partial charge is 0.368 e. The van der Waals surface area contributed by atoms with Gasteiger partial charge >= 0.3 is 0 Å². The lowest BCUT2D eigenvalue weighted by atomic mass is 10.1. The first kappa shape index (κ1) is 15.4. The molecule has 0 radical (unpaired) electrons. The van der Waals surface area contributed by atoms with Crippen molar-refractivity contribution >= 4 is 34.5 Å². The summed E-state index contributed by atoms with van der Waals surface area (Å²) in [5.41, 5.74) is 7.35. The zero-order chi connectivity index (χ0) is 16.9. The number of hydrogen-bond acceptors (Lipinski definition) is 4. The number of nitrogens with zero attached hydrogens (tertiary/aromatic N) is 3. The van der Waals surface area contributed by atoms with Crippen LogP contribution in [0.5, 0.6) is 0 Å². The topological polar surface area (TPSA) is 103 Å². The molecule has 2 heterocycles. The molecule has 0 bridgehead atoms. The van der Waals surface area contributed by atoms with E-state index in [2.05, 4.69) is 15.4 Å². The Hall–Kier alpha value is -3.48. The molecule has 3 rings (SSSR count). The first-order valence-electron chi connectivity index (χ1n) is 7.25. The number of para-hydroxylation sites is 1. The molecule has 0 saturated heterocycles. The molecule has 7 heteroatoms. The number of primary amides is 1. The van der Waals surface area contributed by atoms with Gasteiger partial charge in [0.15, 0.2) is 0 Å². The van der Waals surface area contributed by atoms with E-state index in [1.807, 2.05) is 30.3 Å². The lowest BCUT2D eigenvalue weighted by Gasteiger charge is -2.01. The van der Waals surface area contributed by atoms with Crippen LogP contribution in [-0.4, -0.2) is 26.6 Å². The number of hydrogen-bond donors (Lipinski definition) is 2. The van der Waals surface area contributed by atoms with Crippen molar-refractivity contribution in [2.24, 2.45) is 5.73 Å². The molecular formula is C17H15N5O2. The summed E-state index contributed by atoms with van der Waals surface area (Å²) in [6, 6.07) is 9.55. The molecule has 1 aromatic carbocycles. The normalized spacial score (nSPS) is 11.0. The third kappa shape index (κ3) is 3.64. The first-order chi connectivity index (χ1) is 11.6. The zero-order valence-corrected chi connectivity index (χ0v) is 12.7. The van der Waals surface area contributed by atoms with Crippen molar-refractivity contribution < 1.29 is 9.59 Å². The average molecular weight is 321 g/mol. The fourth-order valence-corrected chi connectivity index (χ4v) is 2.29. The summed E-state index contributed by atoms with van der Waals surface area (Å²) in [5, 5.41) is 7.59. The molecule has 3 aromatic rings. The average Bonchev–Trinajstić information content (AvgIpc) is 2.99. The van der Waals surface area contributed by atoms with Crippen LogP contribution in [0.3, 0.4) is 0 Å². The highest BCUT2D eigenvalue weighted by Gasteiger charge is 2.04. The smallest absolute Gasteiger partial charge is 0.248 e. The summed E-state index contributed by atoms with van der Waals surface area (Å²) < 4.78 is 1.36. The molecule has 0 aliphatic rings. The van der Waals surface area contributed by atoms with Crippen molar-refractivity contribution in [1.82, 2.24) is 14.8 Å². The maximum atomic E-state index is 12.0. The minimum Gasteiger partial charge on any atom is -0.368 e. The van der Waals surface area contributed by atoms with Crippen molar-refractivity contribution in [3.63, 3.8) is 0 Å². The number of anilines is 1. The molecule has 3 N–H and O–H groups in total. The van der Waals surface area contributed by atoms with Crippen LogP contribution in [0.1, 0.15) is 5.56 Å². The minimum absolute atomic E-state index is 0.0330. The van der Waals surface area contributed by atoms with Gasteiger partial charge in [0.25, 0.3) is 0 Å². The molecule has 0 aliphatic heterocycles. The molecule has 0 unspecified atom stereocenters. The Labute approximate surface area is 137 Å². The number of carbonyl (C=O) groups excluding carboxylic acids is 2. The molecule has 24 heavy (non-hydrogen) atoms. The van der Waals surface area contributed by atoms with Crippen LogP contribution in [0.4, 0.5) is 5.69 Å².